The van der Waals surface area contributed by atoms with Crippen LogP contribution in [0.4, 0.5) is 24.5 Å². The quantitative estimate of drug-likeness (QED) is 0.330. The number of aromatic nitrogens is 3. The molecule has 2 aliphatic rings. The molecule has 0 saturated carbocycles. The van der Waals surface area contributed by atoms with Gasteiger partial charge in [-0.25, -0.2) is 9.97 Å². The molecule has 4 aromatic rings. The Morgan fingerprint density at radius 3 is 2.55 bits per heavy atom. The first kappa shape index (κ1) is 26.4. The van der Waals surface area contributed by atoms with E-state index in [2.05, 4.69) is 19.8 Å². The van der Waals surface area contributed by atoms with Gasteiger partial charge in [0.05, 0.1) is 11.9 Å². The van der Waals surface area contributed by atoms with Crippen LogP contribution in [0.2, 0.25) is 5.02 Å². The highest BCUT2D eigenvalue weighted by molar-refractivity contribution is 6.30. The molecule has 208 valence electrons. The van der Waals surface area contributed by atoms with Crippen molar-refractivity contribution >= 4 is 40.0 Å². The number of piperazine rings is 1. The number of nitrogens with zero attached hydrogens (tertiary/aromatic N) is 6. The molecule has 1 amide bonds. The maximum absolute atomic E-state index is 14.0. The average Bonchev–Trinajstić information content (AvgIpc) is 3.34. The van der Waals surface area contributed by atoms with Crippen LogP contribution in [0.25, 0.3) is 11.2 Å². The summed E-state index contributed by atoms with van der Waals surface area (Å²) in [5.41, 5.74) is 3.59. The number of benzene rings is 2. The third-order valence-electron chi connectivity index (χ3n) is 7.85. The second kappa shape index (κ2) is 10.3. The number of hydrogen-bond acceptors (Lipinski definition) is 5. The van der Waals surface area contributed by atoms with E-state index in [1.165, 1.54) is 6.07 Å². The molecule has 40 heavy (non-hydrogen) atoms. The lowest BCUT2D eigenvalue weighted by atomic mass is 9.91. The standard InChI is InChI=1S/C29H28ClF3N6O/c1-19-15-37(13-14-39(19)27(40)17-38-18-35-25-3-2-11-34-28(25)38)26-9-8-24(29(31,32)33)22-10-12-36(16-23(22)26)21-6-4-20(30)5-7-21/h2-9,11,18-19H,10,12-17H2,1H3. The molecule has 7 nitrogen and oxygen atoms in total. The number of amides is 1. The van der Waals surface area contributed by atoms with E-state index < -0.39 is 11.7 Å². The number of alkyl halides is 3. The van der Waals surface area contributed by atoms with Crippen molar-refractivity contribution in [1.29, 1.82) is 0 Å². The molecule has 11 heteroatoms. The Bertz CT molecular complexity index is 1550. The minimum Gasteiger partial charge on any atom is -0.367 e. The van der Waals surface area contributed by atoms with Gasteiger partial charge in [-0.2, -0.15) is 13.2 Å². The van der Waals surface area contributed by atoms with Crippen LogP contribution < -0.4 is 9.80 Å². The number of carbonyl (C=O) groups excluding carboxylic acids is 1. The predicted molar refractivity (Wildman–Crippen MR) is 149 cm³/mol. The summed E-state index contributed by atoms with van der Waals surface area (Å²) in [6, 6.07) is 13.7. The zero-order valence-corrected chi connectivity index (χ0v) is 22.7. The zero-order valence-electron chi connectivity index (χ0n) is 21.9. The van der Waals surface area contributed by atoms with Gasteiger partial charge in [0, 0.05) is 61.4 Å². The Hall–Kier alpha value is -3.79. The number of hydrogen-bond donors (Lipinski definition) is 0. The Morgan fingerprint density at radius 2 is 1.80 bits per heavy atom. The van der Waals surface area contributed by atoms with Gasteiger partial charge in [-0.05, 0) is 73.0 Å². The van der Waals surface area contributed by atoms with E-state index in [9.17, 15) is 18.0 Å². The summed E-state index contributed by atoms with van der Waals surface area (Å²) in [5, 5.41) is 0.611. The van der Waals surface area contributed by atoms with Crippen molar-refractivity contribution in [1.82, 2.24) is 19.4 Å². The molecule has 0 radical (unpaired) electrons. The van der Waals surface area contributed by atoms with Crippen molar-refractivity contribution in [2.24, 2.45) is 0 Å². The topological polar surface area (TPSA) is 57.5 Å². The Balaban J connectivity index is 1.24. The third kappa shape index (κ3) is 4.96. The fourth-order valence-electron chi connectivity index (χ4n) is 5.89. The first-order valence-corrected chi connectivity index (χ1v) is 13.6. The van der Waals surface area contributed by atoms with Crippen LogP contribution >= 0.6 is 11.6 Å². The Kier molecular flexibility index (Phi) is 6.82. The van der Waals surface area contributed by atoms with E-state index in [4.69, 9.17) is 11.6 Å². The normalized spacial score (nSPS) is 17.8. The molecule has 1 saturated heterocycles. The van der Waals surface area contributed by atoms with Gasteiger partial charge >= 0.3 is 6.18 Å². The molecule has 1 unspecified atom stereocenters. The highest BCUT2D eigenvalue weighted by Gasteiger charge is 2.38. The minimum atomic E-state index is -4.42. The Morgan fingerprint density at radius 1 is 1.00 bits per heavy atom. The van der Waals surface area contributed by atoms with Crippen LogP contribution in [0.1, 0.15) is 23.6 Å². The number of halogens is 4. The molecule has 6 rings (SSSR count). The second-order valence-electron chi connectivity index (χ2n) is 10.3. The molecule has 0 spiro atoms. The fourth-order valence-corrected chi connectivity index (χ4v) is 6.02. The lowest BCUT2D eigenvalue weighted by molar-refractivity contribution is -0.138. The van der Waals surface area contributed by atoms with Gasteiger partial charge in [-0.1, -0.05) is 11.6 Å². The first-order chi connectivity index (χ1) is 19.2. The molecular formula is C29H28ClF3N6O. The van der Waals surface area contributed by atoms with E-state index in [0.717, 1.165) is 16.9 Å². The highest BCUT2D eigenvalue weighted by atomic mass is 35.5. The smallest absolute Gasteiger partial charge is 0.367 e. The lowest BCUT2D eigenvalue weighted by Crippen LogP contribution is -2.55. The van der Waals surface area contributed by atoms with Crippen LogP contribution in [-0.2, 0) is 30.5 Å². The SMILES string of the molecule is CC1CN(c2ccc(C(F)(F)F)c3c2CN(c2ccc(Cl)cc2)CC3)CCN1C(=O)Cn1cnc2cccnc21. The summed E-state index contributed by atoms with van der Waals surface area (Å²) >= 11 is 6.06. The van der Waals surface area contributed by atoms with Crippen molar-refractivity contribution < 1.29 is 18.0 Å². The van der Waals surface area contributed by atoms with Crippen molar-refractivity contribution in [3.8, 4) is 0 Å². The number of fused-ring (bicyclic) bond motifs is 2. The van der Waals surface area contributed by atoms with Gasteiger partial charge < -0.3 is 19.3 Å². The summed E-state index contributed by atoms with van der Waals surface area (Å²) in [6.45, 7) is 4.47. The van der Waals surface area contributed by atoms with Crippen molar-refractivity contribution in [3.63, 3.8) is 0 Å². The van der Waals surface area contributed by atoms with E-state index in [0.29, 0.717) is 60.9 Å². The highest BCUT2D eigenvalue weighted by Crippen LogP contribution is 2.41. The van der Waals surface area contributed by atoms with Crippen LogP contribution in [-0.4, -0.2) is 57.6 Å². The molecule has 0 bridgehead atoms. The number of rotatable bonds is 4. The third-order valence-corrected chi connectivity index (χ3v) is 8.10. The number of anilines is 2. The number of imidazole rings is 1. The van der Waals surface area contributed by atoms with Crippen molar-refractivity contribution in [3.05, 3.63) is 82.8 Å². The molecule has 2 aliphatic heterocycles. The van der Waals surface area contributed by atoms with E-state index in [1.54, 1.807) is 41.4 Å². The van der Waals surface area contributed by atoms with Gasteiger partial charge in [-0.3, -0.25) is 4.79 Å². The molecule has 1 atom stereocenters. The number of carbonyl (C=O) groups is 1. The van der Waals surface area contributed by atoms with E-state index in [1.807, 2.05) is 30.0 Å². The maximum atomic E-state index is 14.0. The minimum absolute atomic E-state index is 0.0412. The fraction of sp³-hybridized carbons (Fsp3) is 0.345. The van der Waals surface area contributed by atoms with Crippen LogP contribution in [0.3, 0.4) is 0 Å². The van der Waals surface area contributed by atoms with Crippen LogP contribution in [0, 0.1) is 0 Å². The monoisotopic (exact) mass is 568 g/mol. The van der Waals surface area contributed by atoms with E-state index in [-0.39, 0.29) is 18.5 Å². The molecule has 1 fully saturated rings. The zero-order chi connectivity index (χ0) is 28.0. The molecule has 0 N–H and O–H groups in total. The van der Waals surface area contributed by atoms with Gasteiger partial charge in [0.2, 0.25) is 5.91 Å². The van der Waals surface area contributed by atoms with E-state index >= 15 is 0 Å². The summed E-state index contributed by atoms with van der Waals surface area (Å²) < 4.78 is 43.7. The molecule has 4 heterocycles. The van der Waals surface area contributed by atoms with Crippen LogP contribution in [0.15, 0.2) is 61.1 Å². The average molecular weight is 569 g/mol. The van der Waals surface area contributed by atoms with Crippen molar-refractivity contribution in [2.45, 2.75) is 38.7 Å². The van der Waals surface area contributed by atoms with Crippen molar-refractivity contribution in [2.75, 3.05) is 36.0 Å². The van der Waals surface area contributed by atoms with Gasteiger partial charge in [0.15, 0.2) is 5.65 Å². The first-order valence-electron chi connectivity index (χ1n) is 13.2. The predicted octanol–water partition coefficient (Wildman–Crippen LogP) is 5.40. The summed E-state index contributed by atoms with van der Waals surface area (Å²) in [6.07, 6.45) is -0.833. The molecular weight excluding hydrogens is 541 g/mol. The summed E-state index contributed by atoms with van der Waals surface area (Å²) in [4.78, 5) is 28.0. The molecule has 2 aromatic carbocycles. The van der Waals surface area contributed by atoms with Gasteiger partial charge in [0.25, 0.3) is 0 Å². The van der Waals surface area contributed by atoms with Gasteiger partial charge in [-0.15, -0.1) is 0 Å². The lowest BCUT2D eigenvalue weighted by Gasteiger charge is -2.43. The maximum Gasteiger partial charge on any atom is 0.416 e. The summed E-state index contributed by atoms with van der Waals surface area (Å²) in [5.74, 6) is -0.0412. The largest absolute Gasteiger partial charge is 0.416 e. The molecule has 0 aliphatic carbocycles. The summed E-state index contributed by atoms with van der Waals surface area (Å²) in [7, 11) is 0. The second-order valence-corrected chi connectivity index (χ2v) is 10.8. The van der Waals surface area contributed by atoms with Crippen LogP contribution in [0.5, 0.6) is 0 Å². The Labute approximate surface area is 234 Å². The molecule has 2 aromatic heterocycles. The van der Waals surface area contributed by atoms with Gasteiger partial charge in [0.1, 0.15) is 12.1 Å². The number of pyridine rings is 1.